The van der Waals surface area contributed by atoms with Crippen LogP contribution in [0.3, 0.4) is 0 Å². The van der Waals surface area contributed by atoms with Gasteiger partial charge in [-0.05, 0) is 45.4 Å². The van der Waals surface area contributed by atoms with Crippen LogP contribution in [0.2, 0.25) is 0 Å². The molecule has 1 saturated heterocycles. The quantitative estimate of drug-likeness (QED) is 0.930. The topological polar surface area (TPSA) is 41.6 Å². The first-order valence-corrected chi connectivity index (χ1v) is 7.61. The first-order valence-electron chi connectivity index (χ1n) is 7.61. The molecule has 21 heavy (non-hydrogen) atoms. The van der Waals surface area contributed by atoms with Gasteiger partial charge in [0.15, 0.2) is 0 Å². The predicted octanol–water partition coefficient (Wildman–Crippen LogP) is 3.13. The molecule has 0 spiro atoms. The lowest BCUT2D eigenvalue weighted by Crippen LogP contribution is -2.35. The fourth-order valence-corrected chi connectivity index (χ4v) is 2.79. The van der Waals surface area contributed by atoms with E-state index < -0.39 is 5.60 Å². The molecule has 4 heteroatoms. The summed E-state index contributed by atoms with van der Waals surface area (Å²) in [6, 6.07) is 8.47. The summed E-state index contributed by atoms with van der Waals surface area (Å²) < 4.78 is 5.46. The number of benzene rings is 1. The van der Waals surface area contributed by atoms with Gasteiger partial charge in [-0.1, -0.05) is 24.3 Å². The van der Waals surface area contributed by atoms with Crippen molar-refractivity contribution in [3.63, 3.8) is 0 Å². The van der Waals surface area contributed by atoms with Crippen molar-refractivity contribution in [2.24, 2.45) is 0 Å². The minimum absolute atomic E-state index is 0.198. The third-order valence-electron chi connectivity index (χ3n) is 3.70. The number of nitrogens with zero attached hydrogens (tertiary/aromatic N) is 1. The molecular formula is C17H26N2O2. The minimum Gasteiger partial charge on any atom is -0.444 e. The Labute approximate surface area is 127 Å². The molecule has 0 bridgehead atoms. The summed E-state index contributed by atoms with van der Waals surface area (Å²) in [7, 11) is 1.96. The second-order valence-electron chi connectivity index (χ2n) is 6.64. The van der Waals surface area contributed by atoms with Crippen LogP contribution in [0, 0.1) is 0 Å². The number of ether oxygens (including phenoxy) is 1. The molecule has 1 aromatic rings. The van der Waals surface area contributed by atoms with Crippen LogP contribution in [0.4, 0.5) is 4.79 Å². The highest BCUT2D eigenvalue weighted by Gasteiger charge is 2.31. The van der Waals surface area contributed by atoms with Crippen molar-refractivity contribution in [2.45, 2.75) is 45.3 Å². The molecule has 0 radical (unpaired) electrons. The Morgan fingerprint density at radius 2 is 2.10 bits per heavy atom. The maximum Gasteiger partial charge on any atom is 0.410 e. The number of hydrogen-bond acceptors (Lipinski definition) is 3. The highest BCUT2D eigenvalue weighted by molar-refractivity contribution is 5.68. The van der Waals surface area contributed by atoms with Gasteiger partial charge in [0.05, 0.1) is 0 Å². The third kappa shape index (κ3) is 4.21. The van der Waals surface area contributed by atoms with E-state index in [1.54, 1.807) is 0 Å². The van der Waals surface area contributed by atoms with Crippen LogP contribution in [0.15, 0.2) is 24.3 Å². The predicted molar refractivity (Wildman–Crippen MR) is 84.4 cm³/mol. The maximum atomic E-state index is 12.1. The summed E-state index contributed by atoms with van der Waals surface area (Å²) >= 11 is 0. The van der Waals surface area contributed by atoms with Crippen LogP contribution in [0.1, 0.15) is 44.2 Å². The van der Waals surface area contributed by atoms with Gasteiger partial charge in [0.1, 0.15) is 5.60 Å². The lowest BCUT2D eigenvalue weighted by atomic mass is 9.93. The van der Waals surface area contributed by atoms with E-state index >= 15 is 0 Å². The van der Waals surface area contributed by atoms with Crippen LogP contribution in [-0.2, 0) is 11.3 Å². The van der Waals surface area contributed by atoms with Crippen LogP contribution < -0.4 is 5.32 Å². The molecule has 2 rings (SSSR count). The molecular weight excluding hydrogens is 264 g/mol. The average molecular weight is 290 g/mol. The van der Waals surface area contributed by atoms with E-state index in [0.717, 1.165) is 26.1 Å². The van der Waals surface area contributed by atoms with Crippen LogP contribution in [0.5, 0.6) is 0 Å². The monoisotopic (exact) mass is 290 g/mol. The van der Waals surface area contributed by atoms with Crippen LogP contribution in [0.25, 0.3) is 0 Å². The Bertz CT molecular complexity index is 494. The number of nitrogens with one attached hydrogen (secondary N) is 1. The highest BCUT2D eigenvalue weighted by atomic mass is 16.6. The van der Waals surface area contributed by atoms with E-state index in [1.165, 1.54) is 11.1 Å². The molecule has 116 valence electrons. The maximum absolute atomic E-state index is 12.1. The van der Waals surface area contributed by atoms with Crippen molar-refractivity contribution in [3.05, 3.63) is 35.4 Å². The summed E-state index contributed by atoms with van der Waals surface area (Å²) in [4.78, 5) is 14.0. The molecule has 1 aliphatic rings. The van der Waals surface area contributed by atoms with E-state index in [4.69, 9.17) is 4.74 Å². The second kappa shape index (κ2) is 6.48. The SMILES string of the molecule is CNCc1ccccc1C1CCN(C(=O)OC(C)(C)C)C1. The molecule has 0 saturated carbocycles. The molecule has 1 amide bonds. The standard InChI is InChI=1S/C17H26N2O2/c1-17(2,3)21-16(20)19-10-9-14(12-19)15-8-6-5-7-13(15)11-18-4/h5-8,14,18H,9-12H2,1-4H3. The zero-order chi connectivity index (χ0) is 15.5. The Morgan fingerprint density at radius 3 is 2.76 bits per heavy atom. The smallest absolute Gasteiger partial charge is 0.410 e. The lowest BCUT2D eigenvalue weighted by Gasteiger charge is -2.24. The fourth-order valence-electron chi connectivity index (χ4n) is 2.79. The molecule has 4 nitrogen and oxygen atoms in total. The van der Waals surface area contributed by atoms with Crippen molar-refractivity contribution in [1.29, 1.82) is 0 Å². The lowest BCUT2D eigenvalue weighted by molar-refractivity contribution is 0.0292. The van der Waals surface area contributed by atoms with E-state index in [-0.39, 0.29) is 6.09 Å². The largest absolute Gasteiger partial charge is 0.444 e. The third-order valence-corrected chi connectivity index (χ3v) is 3.70. The van der Waals surface area contributed by atoms with Crippen LogP contribution >= 0.6 is 0 Å². The first kappa shape index (κ1) is 15.8. The second-order valence-corrected chi connectivity index (χ2v) is 6.64. The molecule has 0 aliphatic carbocycles. The summed E-state index contributed by atoms with van der Waals surface area (Å²) in [6.45, 7) is 8.09. The summed E-state index contributed by atoms with van der Waals surface area (Å²) in [5, 5.41) is 3.21. The van der Waals surface area contributed by atoms with Gasteiger partial charge < -0.3 is 15.0 Å². The first-order chi connectivity index (χ1) is 9.90. The summed E-state index contributed by atoms with van der Waals surface area (Å²) in [6.07, 6.45) is 0.802. The molecule has 1 N–H and O–H groups in total. The normalized spacial score (nSPS) is 18.9. The Kier molecular flexibility index (Phi) is 4.88. The molecule has 0 aromatic heterocycles. The number of likely N-dealkylation sites (tertiary alicyclic amines) is 1. The van der Waals surface area contributed by atoms with Crippen molar-refractivity contribution in [3.8, 4) is 0 Å². The number of amides is 1. The fraction of sp³-hybridized carbons (Fsp3) is 0.588. The van der Waals surface area contributed by atoms with Crippen molar-refractivity contribution in [1.82, 2.24) is 10.2 Å². The zero-order valence-corrected chi connectivity index (χ0v) is 13.5. The Balaban J connectivity index is 2.04. The van der Waals surface area contributed by atoms with Gasteiger partial charge in [0.25, 0.3) is 0 Å². The average Bonchev–Trinajstić information content (AvgIpc) is 2.87. The molecule has 1 unspecified atom stereocenters. The summed E-state index contributed by atoms with van der Waals surface area (Å²) in [5.74, 6) is 0.405. The number of carbonyl (C=O) groups excluding carboxylic acids is 1. The van der Waals surface area contributed by atoms with E-state index in [0.29, 0.717) is 5.92 Å². The van der Waals surface area contributed by atoms with Gasteiger partial charge in [-0.2, -0.15) is 0 Å². The van der Waals surface area contributed by atoms with E-state index in [2.05, 4.69) is 29.6 Å². The zero-order valence-electron chi connectivity index (χ0n) is 13.5. The number of hydrogen-bond donors (Lipinski definition) is 1. The van der Waals surface area contributed by atoms with Gasteiger partial charge >= 0.3 is 6.09 Å². The van der Waals surface area contributed by atoms with Gasteiger partial charge in [-0.3, -0.25) is 0 Å². The van der Waals surface area contributed by atoms with Gasteiger partial charge in [0, 0.05) is 25.6 Å². The van der Waals surface area contributed by atoms with Crippen LogP contribution in [-0.4, -0.2) is 36.7 Å². The Hall–Kier alpha value is -1.55. The van der Waals surface area contributed by atoms with Gasteiger partial charge in [-0.15, -0.1) is 0 Å². The molecule has 1 aliphatic heterocycles. The van der Waals surface area contributed by atoms with Gasteiger partial charge in [0.2, 0.25) is 0 Å². The molecule has 1 aromatic carbocycles. The summed E-state index contributed by atoms with van der Waals surface area (Å²) in [5.41, 5.74) is 2.23. The van der Waals surface area contributed by atoms with Crippen molar-refractivity contribution < 1.29 is 9.53 Å². The Morgan fingerprint density at radius 1 is 1.38 bits per heavy atom. The minimum atomic E-state index is -0.431. The highest BCUT2D eigenvalue weighted by Crippen LogP contribution is 2.30. The van der Waals surface area contributed by atoms with E-state index in [1.807, 2.05) is 32.7 Å². The van der Waals surface area contributed by atoms with E-state index in [9.17, 15) is 4.79 Å². The molecule has 1 fully saturated rings. The van der Waals surface area contributed by atoms with Crippen molar-refractivity contribution >= 4 is 6.09 Å². The molecule has 1 atom stereocenters. The van der Waals surface area contributed by atoms with Gasteiger partial charge in [-0.25, -0.2) is 4.79 Å². The van der Waals surface area contributed by atoms with Crippen molar-refractivity contribution in [2.75, 3.05) is 20.1 Å². The molecule has 1 heterocycles. The number of carbonyl (C=O) groups is 1. The number of rotatable bonds is 3.